The number of benzene rings is 1. The second-order valence-corrected chi connectivity index (χ2v) is 7.63. The van der Waals surface area contributed by atoms with E-state index >= 15 is 0 Å². The lowest BCUT2D eigenvalue weighted by Crippen LogP contribution is -2.12. The van der Waals surface area contributed by atoms with E-state index in [9.17, 15) is 4.79 Å². The molecule has 0 amide bonds. The van der Waals surface area contributed by atoms with E-state index in [4.69, 9.17) is 4.74 Å². The van der Waals surface area contributed by atoms with E-state index in [-0.39, 0.29) is 22.7 Å². The van der Waals surface area contributed by atoms with Crippen LogP contribution in [0.2, 0.25) is 0 Å². The molecule has 3 nitrogen and oxygen atoms in total. The van der Waals surface area contributed by atoms with Gasteiger partial charge in [0.2, 0.25) is 0 Å². The predicted octanol–water partition coefficient (Wildman–Crippen LogP) is 4.33. The number of esters is 1. The van der Waals surface area contributed by atoms with Crippen LogP contribution in [0, 0.1) is 16.7 Å². The molecule has 0 bridgehead atoms. The number of hydrogen-bond donors (Lipinski definition) is 1. The number of ether oxygens (including phenoxy) is 1. The van der Waals surface area contributed by atoms with Gasteiger partial charge < -0.3 is 9.72 Å². The first kappa shape index (κ1) is 15.9. The monoisotopic (exact) mass is 311 g/mol. The first-order valence-electron chi connectivity index (χ1n) is 8.19. The number of H-pyrrole nitrogens is 1. The number of aromatic amines is 1. The van der Waals surface area contributed by atoms with E-state index in [1.54, 1.807) is 0 Å². The molecule has 1 aliphatic rings. The number of hydrogen-bond acceptors (Lipinski definition) is 2. The van der Waals surface area contributed by atoms with Crippen molar-refractivity contribution < 1.29 is 9.53 Å². The van der Waals surface area contributed by atoms with Crippen molar-refractivity contribution in [1.29, 1.82) is 0 Å². The van der Waals surface area contributed by atoms with Gasteiger partial charge in [0, 0.05) is 6.20 Å². The van der Waals surface area contributed by atoms with Crippen LogP contribution in [0.3, 0.4) is 0 Å². The fourth-order valence-corrected chi connectivity index (χ4v) is 3.56. The van der Waals surface area contributed by atoms with Crippen molar-refractivity contribution in [3.8, 4) is 0 Å². The standard InChI is InChI=1S/C20H25NO2/c1-19(2)17(20(19,3)4)18(22)23-13-16-15(10-11-21-16)12-14-8-6-5-7-9-14/h5-11,17,21H,12-13H2,1-4H3. The lowest BCUT2D eigenvalue weighted by molar-refractivity contribution is -0.148. The molecule has 0 unspecified atom stereocenters. The summed E-state index contributed by atoms with van der Waals surface area (Å²) in [5.74, 6) is -0.0946. The molecule has 0 spiro atoms. The molecule has 3 rings (SSSR count). The summed E-state index contributed by atoms with van der Waals surface area (Å²) < 4.78 is 5.59. The zero-order chi connectivity index (χ0) is 16.7. The maximum absolute atomic E-state index is 12.4. The minimum absolute atomic E-state index is 0.0115. The summed E-state index contributed by atoms with van der Waals surface area (Å²) in [5.41, 5.74) is 3.46. The van der Waals surface area contributed by atoms with Gasteiger partial charge in [0.15, 0.2) is 0 Å². The molecule has 1 aromatic heterocycles. The van der Waals surface area contributed by atoms with Gasteiger partial charge in [-0.15, -0.1) is 0 Å². The van der Waals surface area contributed by atoms with Crippen molar-refractivity contribution in [2.24, 2.45) is 16.7 Å². The molecule has 122 valence electrons. The van der Waals surface area contributed by atoms with E-state index in [1.807, 2.05) is 24.4 Å². The van der Waals surface area contributed by atoms with Crippen LogP contribution in [-0.4, -0.2) is 11.0 Å². The summed E-state index contributed by atoms with van der Waals surface area (Å²) in [6, 6.07) is 12.4. The van der Waals surface area contributed by atoms with E-state index < -0.39 is 0 Å². The molecule has 1 fully saturated rings. The van der Waals surface area contributed by atoms with Crippen LogP contribution in [0.1, 0.15) is 44.5 Å². The van der Waals surface area contributed by atoms with E-state index in [0.717, 1.165) is 12.1 Å². The van der Waals surface area contributed by atoms with Crippen LogP contribution in [0.15, 0.2) is 42.6 Å². The molecule has 1 N–H and O–H groups in total. The fraction of sp³-hybridized carbons (Fsp3) is 0.450. The molecule has 1 saturated carbocycles. The van der Waals surface area contributed by atoms with Gasteiger partial charge in [-0.2, -0.15) is 0 Å². The summed E-state index contributed by atoms with van der Waals surface area (Å²) in [7, 11) is 0. The summed E-state index contributed by atoms with van der Waals surface area (Å²) in [6.45, 7) is 8.85. The Morgan fingerprint density at radius 3 is 2.35 bits per heavy atom. The Morgan fingerprint density at radius 1 is 1.09 bits per heavy atom. The minimum Gasteiger partial charge on any atom is -0.459 e. The Balaban J connectivity index is 1.62. The highest BCUT2D eigenvalue weighted by molar-refractivity contribution is 5.78. The molecule has 0 saturated heterocycles. The van der Waals surface area contributed by atoms with Gasteiger partial charge >= 0.3 is 5.97 Å². The smallest absolute Gasteiger partial charge is 0.310 e. The highest BCUT2D eigenvalue weighted by Gasteiger charge is 2.69. The summed E-state index contributed by atoms with van der Waals surface area (Å²) in [5, 5.41) is 0. The summed E-state index contributed by atoms with van der Waals surface area (Å²) >= 11 is 0. The highest BCUT2D eigenvalue weighted by Crippen LogP contribution is 2.68. The SMILES string of the molecule is CC1(C)C(C(=O)OCc2[nH]ccc2Cc2ccccc2)C1(C)C. The van der Waals surface area contributed by atoms with Crippen LogP contribution in [0.5, 0.6) is 0 Å². The van der Waals surface area contributed by atoms with Gasteiger partial charge in [-0.3, -0.25) is 4.79 Å². The fourth-order valence-electron chi connectivity index (χ4n) is 3.56. The van der Waals surface area contributed by atoms with Crippen LogP contribution in [0.25, 0.3) is 0 Å². The topological polar surface area (TPSA) is 42.1 Å². The van der Waals surface area contributed by atoms with Gasteiger partial charge in [-0.05, 0) is 34.4 Å². The molecule has 1 aliphatic carbocycles. The lowest BCUT2D eigenvalue weighted by atomic mass is 10.0. The number of nitrogens with one attached hydrogen (secondary N) is 1. The van der Waals surface area contributed by atoms with Gasteiger partial charge in [-0.25, -0.2) is 0 Å². The van der Waals surface area contributed by atoms with Crippen LogP contribution in [-0.2, 0) is 22.6 Å². The third-order valence-corrected chi connectivity index (χ3v) is 5.78. The van der Waals surface area contributed by atoms with Crippen molar-refractivity contribution in [3.63, 3.8) is 0 Å². The maximum Gasteiger partial charge on any atom is 0.310 e. The van der Waals surface area contributed by atoms with Gasteiger partial charge in [-0.1, -0.05) is 58.0 Å². The van der Waals surface area contributed by atoms with Crippen LogP contribution in [0.4, 0.5) is 0 Å². The summed E-state index contributed by atoms with van der Waals surface area (Å²) in [4.78, 5) is 15.6. The van der Waals surface area contributed by atoms with E-state index in [0.29, 0.717) is 6.61 Å². The highest BCUT2D eigenvalue weighted by atomic mass is 16.5. The van der Waals surface area contributed by atoms with Crippen LogP contribution >= 0.6 is 0 Å². The molecule has 2 aromatic rings. The average molecular weight is 311 g/mol. The third kappa shape index (κ3) is 2.80. The Kier molecular flexibility index (Phi) is 3.83. The average Bonchev–Trinajstić information content (AvgIpc) is 2.79. The van der Waals surface area contributed by atoms with Crippen LogP contribution < -0.4 is 0 Å². The molecular formula is C20H25NO2. The quantitative estimate of drug-likeness (QED) is 0.835. The molecule has 0 aliphatic heterocycles. The Hall–Kier alpha value is -2.03. The van der Waals surface area contributed by atoms with E-state index in [2.05, 4.69) is 50.9 Å². The van der Waals surface area contributed by atoms with Crippen molar-refractivity contribution >= 4 is 5.97 Å². The van der Waals surface area contributed by atoms with Crippen molar-refractivity contribution in [1.82, 2.24) is 4.98 Å². The first-order chi connectivity index (χ1) is 10.8. The molecule has 1 heterocycles. The predicted molar refractivity (Wildman–Crippen MR) is 90.9 cm³/mol. The maximum atomic E-state index is 12.4. The number of carbonyl (C=O) groups excluding carboxylic acids is 1. The Bertz CT molecular complexity index is 683. The lowest BCUT2D eigenvalue weighted by Gasteiger charge is -2.08. The number of aromatic nitrogens is 1. The Labute approximate surface area is 138 Å². The van der Waals surface area contributed by atoms with E-state index in [1.165, 1.54) is 11.1 Å². The van der Waals surface area contributed by atoms with Gasteiger partial charge in [0.05, 0.1) is 11.6 Å². The summed E-state index contributed by atoms with van der Waals surface area (Å²) in [6.07, 6.45) is 2.75. The largest absolute Gasteiger partial charge is 0.459 e. The number of rotatable bonds is 5. The third-order valence-electron chi connectivity index (χ3n) is 5.78. The second-order valence-electron chi connectivity index (χ2n) is 7.63. The molecule has 0 atom stereocenters. The molecule has 0 radical (unpaired) electrons. The van der Waals surface area contributed by atoms with Gasteiger partial charge in [0.25, 0.3) is 0 Å². The minimum atomic E-state index is -0.0831. The molecule has 1 aromatic carbocycles. The van der Waals surface area contributed by atoms with Gasteiger partial charge in [0.1, 0.15) is 6.61 Å². The zero-order valence-electron chi connectivity index (χ0n) is 14.3. The van der Waals surface area contributed by atoms with Crippen molar-refractivity contribution in [3.05, 3.63) is 59.4 Å². The Morgan fingerprint density at radius 2 is 1.74 bits per heavy atom. The molecule has 3 heteroatoms. The molecule has 23 heavy (non-hydrogen) atoms. The van der Waals surface area contributed by atoms with Crippen molar-refractivity contribution in [2.75, 3.05) is 0 Å². The van der Waals surface area contributed by atoms with Crippen molar-refractivity contribution in [2.45, 2.75) is 40.7 Å². The normalized spacial score (nSPS) is 18.6. The second kappa shape index (κ2) is 5.55. The first-order valence-corrected chi connectivity index (χ1v) is 8.19. The zero-order valence-corrected chi connectivity index (χ0v) is 14.3. The molecular weight excluding hydrogens is 286 g/mol. The number of carbonyl (C=O) groups is 1.